The van der Waals surface area contributed by atoms with E-state index in [1.165, 1.54) is 6.33 Å². The number of fused-ring (bicyclic) bond motifs is 3. The number of hydrogen-bond acceptors (Lipinski definition) is 6. The molecule has 4 atom stereocenters. The lowest BCUT2D eigenvalue weighted by Crippen LogP contribution is -3.00. The van der Waals surface area contributed by atoms with Gasteiger partial charge in [-0.1, -0.05) is 11.6 Å². The summed E-state index contributed by atoms with van der Waals surface area (Å²) in [5.74, 6) is 0.283. The molecule has 2 aliphatic rings. The molecule has 9 nitrogen and oxygen atoms in total. The Kier molecular flexibility index (Phi) is 5.07. The van der Waals surface area contributed by atoms with Crippen molar-refractivity contribution in [3.05, 3.63) is 48.4 Å². The number of nitrogens with zero attached hydrogens (tertiary/aromatic N) is 5. The van der Waals surface area contributed by atoms with Crippen molar-refractivity contribution in [2.75, 3.05) is 20.7 Å². The van der Waals surface area contributed by atoms with Crippen LogP contribution in [0, 0.1) is 5.92 Å². The van der Waals surface area contributed by atoms with Crippen molar-refractivity contribution in [2.45, 2.75) is 44.3 Å². The van der Waals surface area contributed by atoms with Gasteiger partial charge in [-0.25, -0.2) is 15.0 Å². The van der Waals surface area contributed by atoms with E-state index in [2.05, 4.69) is 39.8 Å². The molecule has 1 saturated carbocycles. The van der Waals surface area contributed by atoms with Gasteiger partial charge in [0.05, 0.1) is 39.0 Å². The van der Waals surface area contributed by atoms with Crippen molar-refractivity contribution in [3.8, 4) is 5.75 Å². The fourth-order valence-electron chi connectivity index (χ4n) is 5.36. The lowest BCUT2D eigenvalue weighted by Gasteiger charge is -2.24. The number of aromatic nitrogens is 5. The van der Waals surface area contributed by atoms with Gasteiger partial charge in [-0.15, -0.1) is 0 Å². The molecule has 34 heavy (non-hydrogen) atoms. The summed E-state index contributed by atoms with van der Waals surface area (Å²) in [5, 5.41) is 1.35. The number of rotatable bonds is 5. The molecule has 0 bridgehead atoms. The van der Waals surface area contributed by atoms with Crippen LogP contribution in [0.1, 0.15) is 26.3 Å². The van der Waals surface area contributed by atoms with E-state index in [4.69, 9.17) is 25.8 Å². The van der Waals surface area contributed by atoms with Gasteiger partial charge in [-0.05, 0) is 26.3 Å². The standard InChI is InChI=1S/C24H27ClN6O3/c1-24(2)33-20-14(12-32-15-5-7-30-8-6-26-18(30)10-15)9-16(21(20)34-24)31-11-17(29(3)4)19-22(25)27-13-28-23(19)31/h5-8,10-11,13-14,16,20-21H,9,12H2,1-4H3/p+1. The molecule has 2 fully saturated rings. The fraction of sp³-hybridized carbons (Fsp3) is 0.458. The summed E-state index contributed by atoms with van der Waals surface area (Å²) in [6.45, 7) is 4.46. The Bertz CT molecular complexity index is 1370. The number of pyridine rings is 1. The molecule has 1 N–H and O–H groups in total. The second-order valence-electron chi connectivity index (χ2n) is 9.81. The minimum absolute atomic E-state index is 0.0386. The first-order valence-corrected chi connectivity index (χ1v) is 11.9. The first kappa shape index (κ1) is 21.8. The Hall–Kier alpha value is -2.72. The van der Waals surface area contributed by atoms with Gasteiger partial charge in [-0.2, -0.15) is 0 Å². The molecule has 1 aliphatic heterocycles. The lowest BCUT2D eigenvalue weighted by atomic mass is 10.1. The van der Waals surface area contributed by atoms with Crippen LogP contribution in [0.4, 0.5) is 5.69 Å². The highest BCUT2D eigenvalue weighted by Crippen LogP contribution is 2.48. The van der Waals surface area contributed by atoms with Gasteiger partial charge in [0.2, 0.25) is 0 Å². The van der Waals surface area contributed by atoms with Gasteiger partial charge in [0.25, 0.3) is 0 Å². The SMILES string of the molecule is C[NH+](C)c1cn(C2CC(COc3ccn4ccnc4c3)C3OC(C)(C)OC32)c2ncnc(Cl)c12. The second-order valence-corrected chi connectivity index (χ2v) is 10.2. The summed E-state index contributed by atoms with van der Waals surface area (Å²) >= 11 is 6.50. The summed E-state index contributed by atoms with van der Waals surface area (Å²) in [4.78, 5) is 14.3. The number of nitrogens with one attached hydrogen (secondary N) is 1. The number of imidazole rings is 1. The molecule has 6 rings (SSSR count). The van der Waals surface area contributed by atoms with E-state index in [-0.39, 0.29) is 24.2 Å². The minimum Gasteiger partial charge on any atom is -0.493 e. The van der Waals surface area contributed by atoms with Crippen molar-refractivity contribution in [3.63, 3.8) is 0 Å². The zero-order chi connectivity index (χ0) is 23.6. The highest BCUT2D eigenvalue weighted by atomic mass is 35.5. The Labute approximate surface area is 202 Å². The van der Waals surface area contributed by atoms with E-state index in [0.29, 0.717) is 11.8 Å². The number of quaternary nitrogens is 1. The van der Waals surface area contributed by atoms with Gasteiger partial charge >= 0.3 is 0 Å². The van der Waals surface area contributed by atoms with Crippen LogP contribution in [0.5, 0.6) is 5.75 Å². The van der Waals surface area contributed by atoms with E-state index in [9.17, 15) is 0 Å². The quantitative estimate of drug-likeness (QED) is 0.440. The minimum atomic E-state index is -0.660. The van der Waals surface area contributed by atoms with Crippen molar-refractivity contribution in [2.24, 2.45) is 5.92 Å². The number of halogens is 1. The summed E-state index contributed by atoms with van der Waals surface area (Å²) in [6.07, 6.45) is 9.93. The zero-order valence-corrected chi connectivity index (χ0v) is 20.4. The van der Waals surface area contributed by atoms with E-state index in [1.54, 1.807) is 6.20 Å². The molecule has 1 saturated heterocycles. The third kappa shape index (κ3) is 3.54. The monoisotopic (exact) mass is 483 g/mol. The van der Waals surface area contributed by atoms with Crippen LogP contribution in [0.25, 0.3) is 16.7 Å². The smallest absolute Gasteiger partial charge is 0.163 e. The van der Waals surface area contributed by atoms with Crippen molar-refractivity contribution in [1.29, 1.82) is 0 Å². The molecule has 0 spiro atoms. The van der Waals surface area contributed by atoms with Gasteiger partial charge < -0.3 is 28.1 Å². The predicted molar refractivity (Wildman–Crippen MR) is 127 cm³/mol. The highest BCUT2D eigenvalue weighted by molar-refractivity contribution is 6.34. The zero-order valence-electron chi connectivity index (χ0n) is 19.6. The Balaban J connectivity index is 1.32. The molecule has 178 valence electrons. The van der Waals surface area contributed by atoms with Crippen molar-refractivity contribution in [1.82, 2.24) is 23.9 Å². The Morgan fingerprint density at radius 1 is 1.18 bits per heavy atom. The number of ether oxygens (including phenoxy) is 3. The van der Waals surface area contributed by atoms with Crippen LogP contribution in [0.2, 0.25) is 5.15 Å². The maximum atomic E-state index is 6.50. The van der Waals surface area contributed by atoms with E-state index in [0.717, 1.165) is 39.4 Å². The second kappa shape index (κ2) is 7.91. The van der Waals surface area contributed by atoms with Crippen LogP contribution in [0.3, 0.4) is 0 Å². The average Bonchev–Trinajstić information content (AvgIpc) is 3.53. The molecule has 5 heterocycles. The molecule has 4 unspecified atom stereocenters. The maximum Gasteiger partial charge on any atom is 0.163 e. The molecule has 0 aromatic carbocycles. The Morgan fingerprint density at radius 3 is 2.82 bits per heavy atom. The summed E-state index contributed by atoms with van der Waals surface area (Å²) in [7, 11) is 4.15. The molecule has 1 aliphatic carbocycles. The molecular formula is C24H28ClN6O3+. The van der Waals surface area contributed by atoms with Gasteiger partial charge in [0.1, 0.15) is 34.4 Å². The first-order chi connectivity index (χ1) is 16.3. The molecule has 4 aromatic heterocycles. The molecule has 0 amide bonds. The molecular weight excluding hydrogens is 456 g/mol. The maximum absolute atomic E-state index is 6.50. The van der Waals surface area contributed by atoms with E-state index < -0.39 is 5.79 Å². The third-order valence-electron chi connectivity index (χ3n) is 6.84. The summed E-state index contributed by atoms with van der Waals surface area (Å²) in [5.41, 5.74) is 2.73. The van der Waals surface area contributed by atoms with Gasteiger partial charge in [0.15, 0.2) is 17.1 Å². The first-order valence-electron chi connectivity index (χ1n) is 11.5. The largest absolute Gasteiger partial charge is 0.493 e. The predicted octanol–water partition coefficient (Wildman–Crippen LogP) is 2.67. The third-order valence-corrected chi connectivity index (χ3v) is 7.13. The normalized spacial score (nSPS) is 26.1. The lowest BCUT2D eigenvalue weighted by molar-refractivity contribution is -0.785. The van der Waals surface area contributed by atoms with Crippen LogP contribution in [-0.2, 0) is 9.47 Å². The van der Waals surface area contributed by atoms with Crippen LogP contribution < -0.4 is 9.64 Å². The van der Waals surface area contributed by atoms with Crippen molar-refractivity contribution >= 4 is 34.0 Å². The van der Waals surface area contributed by atoms with Crippen LogP contribution in [0.15, 0.2) is 43.2 Å². The number of hydrogen-bond donors (Lipinski definition) is 1. The van der Waals surface area contributed by atoms with Gasteiger partial charge in [-0.3, -0.25) is 0 Å². The van der Waals surface area contributed by atoms with Crippen LogP contribution in [-0.4, -0.2) is 62.6 Å². The summed E-state index contributed by atoms with van der Waals surface area (Å²) in [6, 6.07) is 3.94. The topological polar surface area (TPSA) is 80.1 Å². The average molecular weight is 484 g/mol. The Morgan fingerprint density at radius 2 is 2.00 bits per heavy atom. The van der Waals surface area contributed by atoms with Crippen molar-refractivity contribution < 1.29 is 19.1 Å². The highest BCUT2D eigenvalue weighted by Gasteiger charge is 2.55. The molecule has 0 radical (unpaired) electrons. The van der Waals surface area contributed by atoms with Crippen LogP contribution >= 0.6 is 11.6 Å². The molecule has 10 heteroatoms. The fourth-order valence-corrected chi connectivity index (χ4v) is 5.59. The van der Waals surface area contributed by atoms with Gasteiger partial charge in [0, 0.05) is 30.6 Å². The summed E-state index contributed by atoms with van der Waals surface area (Å²) < 4.78 is 23.2. The molecule has 4 aromatic rings. The van der Waals surface area contributed by atoms with E-state index >= 15 is 0 Å². The van der Waals surface area contributed by atoms with E-state index in [1.807, 2.05) is 42.8 Å².